The number of benzene rings is 11. The van der Waals surface area contributed by atoms with E-state index in [4.69, 9.17) is 0 Å². The van der Waals surface area contributed by atoms with Gasteiger partial charge in [0.1, 0.15) is 31.4 Å². The molecule has 0 saturated carbocycles. The molecule has 11 aromatic rings. The molecule has 0 aliphatic carbocycles. The molecule has 0 spiro atoms. The molecule has 63 heavy (non-hydrogen) atoms. The van der Waals surface area contributed by atoms with Gasteiger partial charge in [0, 0.05) is 17.1 Å². The molecule has 0 fully saturated rings. The Morgan fingerprint density at radius 2 is 0.667 bits per heavy atom. The first-order valence-electron chi connectivity index (χ1n) is 22.0. The lowest BCUT2D eigenvalue weighted by atomic mass is 9.64. The molecule has 0 radical (unpaired) electrons. The number of hydrogen-bond donors (Lipinski definition) is 0. The molecule has 11 aromatic carbocycles. The minimum Gasteiger partial charge on any atom is -0.312 e. The van der Waals surface area contributed by atoms with E-state index in [-0.39, 0.29) is 0 Å². The van der Waals surface area contributed by atoms with Gasteiger partial charge in [-0.1, -0.05) is 192 Å². The van der Waals surface area contributed by atoms with Crippen LogP contribution in [0.5, 0.6) is 0 Å². The molecule has 0 aliphatic heterocycles. The fourth-order valence-electron chi connectivity index (χ4n) is 10.2. The number of nitrogens with zero attached hydrogens (tertiary/aromatic N) is 1. The number of fused-ring (bicyclic) bond motifs is 6. The third-order valence-corrected chi connectivity index (χ3v) is 13.4. The van der Waals surface area contributed by atoms with Crippen LogP contribution >= 0.6 is 0 Å². The quantitative estimate of drug-likeness (QED) is 0.115. The van der Waals surface area contributed by atoms with E-state index in [9.17, 15) is 0 Å². The third-order valence-electron chi connectivity index (χ3n) is 13.4. The summed E-state index contributed by atoms with van der Waals surface area (Å²) in [7, 11) is 9.25. The van der Waals surface area contributed by atoms with Crippen LogP contribution in [0.25, 0.3) is 87.6 Å². The molecular weight excluding hydrogens is 754 g/mol. The first-order chi connectivity index (χ1) is 30.9. The monoisotopic (exact) mass is 797 g/mol. The molecule has 1 nitrogen and oxygen atoms in total. The summed E-state index contributed by atoms with van der Waals surface area (Å²) in [6, 6.07) is 78.1. The van der Waals surface area contributed by atoms with E-state index in [0.717, 1.165) is 11.4 Å². The minimum atomic E-state index is 1.12. The zero-order valence-electron chi connectivity index (χ0n) is 36.2. The summed E-state index contributed by atoms with van der Waals surface area (Å²) in [6.07, 6.45) is 0. The smallest absolute Gasteiger partial charge is 0.141 e. The molecule has 0 atom stereocenters. The molecule has 0 bridgehead atoms. The van der Waals surface area contributed by atoms with Crippen molar-refractivity contribution in [2.45, 2.75) is 0 Å². The molecule has 0 saturated heterocycles. The molecular formula is C58H43B4N. The summed E-state index contributed by atoms with van der Waals surface area (Å²) in [5.41, 5.74) is 18.4. The summed E-state index contributed by atoms with van der Waals surface area (Å²) >= 11 is 0. The lowest BCUT2D eigenvalue weighted by molar-refractivity contribution is 1.31. The Morgan fingerprint density at radius 3 is 1.19 bits per heavy atom. The topological polar surface area (TPSA) is 3.24 Å². The summed E-state index contributed by atoms with van der Waals surface area (Å²) < 4.78 is 0. The van der Waals surface area contributed by atoms with Crippen molar-refractivity contribution in [3.8, 4) is 44.5 Å². The molecule has 0 aliphatic rings. The van der Waals surface area contributed by atoms with Crippen LogP contribution in [0, 0.1) is 0 Å². The highest BCUT2D eigenvalue weighted by molar-refractivity contribution is 6.63. The van der Waals surface area contributed by atoms with E-state index >= 15 is 0 Å². The zero-order valence-corrected chi connectivity index (χ0v) is 36.2. The van der Waals surface area contributed by atoms with E-state index in [0.29, 0.717) is 0 Å². The Balaban J connectivity index is 1.14. The van der Waals surface area contributed by atoms with Crippen molar-refractivity contribution in [1.82, 2.24) is 0 Å². The molecule has 0 aromatic heterocycles. The Hall–Kier alpha value is -7.48. The molecule has 0 unspecified atom stereocenters. The molecule has 0 heterocycles. The first kappa shape index (κ1) is 38.4. The number of anilines is 3. The molecule has 292 valence electrons. The van der Waals surface area contributed by atoms with Crippen LogP contribution in [0.4, 0.5) is 17.1 Å². The molecule has 11 rings (SSSR count). The van der Waals surface area contributed by atoms with Crippen molar-refractivity contribution >= 4 is 113 Å². The van der Waals surface area contributed by atoms with Crippen molar-refractivity contribution in [1.29, 1.82) is 0 Å². The van der Waals surface area contributed by atoms with Crippen LogP contribution in [0.1, 0.15) is 0 Å². The number of rotatable bonds is 7. The van der Waals surface area contributed by atoms with E-state index in [2.05, 4.69) is 249 Å². The van der Waals surface area contributed by atoms with Crippen LogP contribution in [0.2, 0.25) is 0 Å². The molecule has 0 N–H and O–H groups in total. The zero-order chi connectivity index (χ0) is 42.6. The Morgan fingerprint density at radius 1 is 0.270 bits per heavy atom. The van der Waals surface area contributed by atoms with Gasteiger partial charge in [0.25, 0.3) is 0 Å². The van der Waals surface area contributed by atoms with Crippen molar-refractivity contribution in [3.05, 3.63) is 212 Å². The second-order valence-electron chi connectivity index (χ2n) is 17.0. The maximum atomic E-state index is 2.52. The van der Waals surface area contributed by atoms with Gasteiger partial charge in [-0.15, -0.1) is 0 Å². The van der Waals surface area contributed by atoms with Gasteiger partial charge in [-0.2, -0.15) is 0 Å². The van der Waals surface area contributed by atoms with Crippen LogP contribution in [0.15, 0.2) is 212 Å². The second kappa shape index (κ2) is 15.8. The van der Waals surface area contributed by atoms with Crippen molar-refractivity contribution in [2.24, 2.45) is 0 Å². The van der Waals surface area contributed by atoms with Gasteiger partial charge < -0.3 is 4.90 Å². The fraction of sp³-hybridized carbons (Fsp3) is 0. The van der Waals surface area contributed by atoms with Crippen LogP contribution in [-0.2, 0) is 0 Å². The summed E-state index contributed by atoms with van der Waals surface area (Å²) in [5.74, 6) is 0. The van der Waals surface area contributed by atoms with Gasteiger partial charge >= 0.3 is 0 Å². The van der Waals surface area contributed by atoms with Gasteiger partial charge in [0.05, 0.1) is 0 Å². The maximum absolute atomic E-state index is 2.52. The highest BCUT2D eigenvalue weighted by Crippen LogP contribution is 2.42. The lowest BCUT2D eigenvalue weighted by Gasteiger charge is -2.33. The van der Waals surface area contributed by atoms with E-state index in [1.165, 1.54) is 115 Å². The second-order valence-corrected chi connectivity index (χ2v) is 17.0. The van der Waals surface area contributed by atoms with Crippen LogP contribution < -0.4 is 26.8 Å². The van der Waals surface area contributed by atoms with Gasteiger partial charge in [-0.05, 0) is 130 Å². The van der Waals surface area contributed by atoms with Gasteiger partial charge in [-0.3, -0.25) is 0 Å². The molecule has 0 amide bonds. The van der Waals surface area contributed by atoms with E-state index < -0.39 is 0 Å². The standard InChI is InChI=1S/C58H43B4N/c59-54-53(42-22-12-19-37(31-42)36-15-2-1-3-16-36)55(60)57(62)58(56(54)61)63(43-23-13-20-38(32-43)51-34-40-17-4-6-25-45(40)47-27-8-10-29-49(47)51)44-24-14-21-39(33-44)52-35-41-18-5-7-26-46(41)48-28-9-11-30-50(48)52/h1-35H,59-62H2. The van der Waals surface area contributed by atoms with Crippen LogP contribution in [-0.4, -0.2) is 31.4 Å². The van der Waals surface area contributed by atoms with Crippen molar-refractivity contribution in [2.75, 3.05) is 4.90 Å². The normalized spacial score (nSPS) is 11.4. The summed E-state index contributed by atoms with van der Waals surface area (Å²) in [4.78, 5) is 2.52. The summed E-state index contributed by atoms with van der Waals surface area (Å²) in [5, 5.41) is 10.1. The average Bonchev–Trinajstić information content (AvgIpc) is 3.34. The third kappa shape index (κ3) is 6.64. The Kier molecular flexibility index (Phi) is 9.62. The minimum absolute atomic E-state index is 1.12. The average molecular weight is 797 g/mol. The van der Waals surface area contributed by atoms with Crippen LogP contribution in [0.3, 0.4) is 0 Å². The predicted molar refractivity (Wildman–Crippen MR) is 286 cm³/mol. The van der Waals surface area contributed by atoms with E-state index in [1.807, 2.05) is 0 Å². The van der Waals surface area contributed by atoms with Gasteiger partial charge in [0.15, 0.2) is 0 Å². The predicted octanol–water partition coefficient (Wildman–Crippen LogP) is 9.47. The highest BCUT2D eigenvalue weighted by Gasteiger charge is 2.24. The number of hydrogen-bond acceptors (Lipinski definition) is 1. The van der Waals surface area contributed by atoms with Crippen molar-refractivity contribution in [3.63, 3.8) is 0 Å². The largest absolute Gasteiger partial charge is 0.312 e. The Labute approximate surface area is 373 Å². The van der Waals surface area contributed by atoms with Gasteiger partial charge in [0.2, 0.25) is 0 Å². The Bertz CT molecular complexity index is 3390. The fourth-order valence-corrected chi connectivity index (χ4v) is 10.2. The highest BCUT2D eigenvalue weighted by atomic mass is 15.1. The lowest BCUT2D eigenvalue weighted by Crippen LogP contribution is -2.46. The maximum Gasteiger partial charge on any atom is 0.141 e. The molecule has 5 heteroatoms. The van der Waals surface area contributed by atoms with Crippen molar-refractivity contribution < 1.29 is 0 Å². The SMILES string of the molecule is Bc1c(B)c(N(c2cccc(-c3cc4ccccc4c4ccccc34)c2)c2cccc(-c3cc4ccccc4c4ccccc34)c2)c(B)c(B)c1-c1cccc(-c2ccccc2)c1. The first-order valence-corrected chi connectivity index (χ1v) is 22.0. The van der Waals surface area contributed by atoms with E-state index in [1.54, 1.807) is 0 Å². The summed E-state index contributed by atoms with van der Waals surface area (Å²) in [6.45, 7) is 0. The van der Waals surface area contributed by atoms with Gasteiger partial charge in [-0.25, -0.2) is 0 Å².